The molecule has 0 fully saturated rings. The summed E-state index contributed by atoms with van der Waals surface area (Å²) in [6.45, 7) is 6.79. The molecule has 1 aliphatic heterocycles. The van der Waals surface area contributed by atoms with Crippen molar-refractivity contribution < 1.29 is 4.74 Å². The summed E-state index contributed by atoms with van der Waals surface area (Å²) in [6, 6.07) is 6.36. The number of aromatic nitrogens is 3. The van der Waals surface area contributed by atoms with E-state index >= 15 is 0 Å². The summed E-state index contributed by atoms with van der Waals surface area (Å²) in [5, 5.41) is 11.7. The summed E-state index contributed by atoms with van der Waals surface area (Å²) in [6.07, 6.45) is 4.22. The Kier molecular flexibility index (Phi) is 4.20. The van der Waals surface area contributed by atoms with Crippen LogP contribution in [-0.4, -0.2) is 27.6 Å². The van der Waals surface area contributed by atoms with Crippen LogP contribution in [-0.2, 0) is 19.5 Å². The van der Waals surface area contributed by atoms with E-state index in [1.807, 2.05) is 10.9 Å². The SMILES string of the molecule is CCCNCc1cn(CC2Cc3cc(C)ccc3O2)nn1. The Labute approximate surface area is 125 Å². The van der Waals surface area contributed by atoms with Gasteiger partial charge >= 0.3 is 0 Å². The van der Waals surface area contributed by atoms with Crippen LogP contribution >= 0.6 is 0 Å². The second kappa shape index (κ2) is 6.26. The van der Waals surface area contributed by atoms with E-state index in [2.05, 4.69) is 47.7 Å². The Hall–Kier alpha value is -1.88. The molecule has 2 aromatic rings. The number of nitrogens with zero attached hydrogens (tertiary/aromatic N) is 3. The predicted molar refractivity (Wildman–Crippen MR) is 81.3 cm³/mol. The van der Waals surface area contributed by atoms with Gasteiger partial charge in [0.1, 0.15) is 11.9 Å². The zero-order valence-corrected chi connectivity index (χ0v) is 12.7. The summed E-state index contributed by atoms with van der Waals surface area (Å²) < 4.78 is 7.85. The number of hydrogen-bond donors (Lipinski definition) is 1. The standard InChI is InChI=1S/C16H22N4O/c1-3-6-17-9-14-10-20(19-18-14)11-15-8-13-7-12(2)4-5-16(13)21-15/h4-5,7,10,15,17H,3,6,8-9,11H2,1-2H3. The molecule has 0 bridgehead atoms. The first-order valence-electron chi connectivity index (χ1n) is 7.60. The molecule has 21 heavy (non-hydrogen) atoms. The zero-order valence-electron chi connectivity index (χ0n) is 12.7. The van der Waals surface area contributed by atoms with Gasteiger partial charge in [-0.25, -0.2) is 4.68 Å². The maximum Gasteiger partial charge on any atom is 0.123 e. The van der Waals surface area contributed by atoms with Gasteiger partial charge in [0.05, 0.1) is 12.2 Å². The lowest BCUT2D eigenvalue weighted by Crippen LogP contribution is -2.21. The van der Waals surface area contributed by atoms with Crippen LogP contribution in [0.1, 0.15) is 30.2 Å². The number of aryl methyl sites for hydroxylation is 1. The fourth-order valence-electron chi connectivity index (χ4n) is 2.66. The van der Waals surface area contributed by atoms with E-state index in [-0.39, 0.29) is 6.10 Å². The van der Waals surface area contributed by atoms with Gasteiger partial charge in [-0.3, -0.25) is 0 Å². The first kappa shape index (κ1) is 14.1. The minimum absolute atomic E-state index is 0.153. The van der Waals surface area contributed by atoms with Crippen LogP contribution in [0.15, 0.2) is 24.4 Å². The maximum absolute atomic E-state index is 5.97. The molecule has 0 spiro atoms. The predicted octanol–water partition coefficient (Wildman–Crippen LogP) is 2.09. The largest absolute Gasteiger partial charge is 0.488 e. The molecule has 1 aromatic carbocycles. The highest BCUT2D eigenvalue weighted by Crippen LogP contribution is 2.29. The Balaban J connectivity index is 1.56. The first-order chi connectivity index (χ1) is 10.2. The first-order valence-corrected chi connectivity index (χ1v) is 7.60. The van der Waals surface area contributed by atoms with Crippen molar-refractivity contribution in [3.63, 3.8) is 0 Å². The molecule has 112 valence electrons. The number of hydrogen-bond acceptors (Lipinski definition) is 4. The van der Waals surface area contributed by atoms with Crippen molar-refractivity contribution in [1.29, 1.82) is 0 Å². The molecule has 5 nitrogen and oxygen atoms in total. The van der Waals surface area contributed by atoms with Crippen LogP contribution in [0, 0.1) is 6.92 Å². The zero-order chi connectivity index (χ0) is 14.7. The fourth-order valence-corrected chi connectivity index (χ4v) is 2.66. The summed E-state index contributed by atoms with van der Waals surface area (Å²) in [5.41, 5.74) is 3.56. The van der Waals surface area contributed by atoms with Crippen molar-refractivity contribution in [3.05, 3.63) is 41.2 Å². The summed E-state index contributed by atoms with van der Waals surface area (Å²) in [7, 11) is 0. The van der Waals surface area contributed by atoms with Crippen molar-refractivity contribution in [2.24, 2.45) is 0 Å². The topological polar surface area (TPSA) is 52.0 Å². The molecule has 3 rings (SSSR count). The minimum atomic E-state index is 0.153. The normalized spacial score (nSPS) is 16.8. The van der Waals surface area contributed by atoms with E-state index in [4.69, 9.17) is 4.74 Å². The van der Waals surface area contributed by atoms with Crippen LogP contribution in [0.25, 0.3) is 0 Å². The molecule has 1 aliphatic rings. The molecule has 0 amide bonds. The van der Waals surface area contributed by atoms with E-state index in [9.17, 15) is 0 Å². The molecule has 1 N–H and O–H groups in total. The molecular formula is C16H22N4O. The summed E-state index contributed by atoms with van der Waals surface area (Å²) in [4.78, 5) is 0. The number of benzene rings is 1. The van der Waals surface area contributed by atoms with Crippen molar-refractivity contribution >= 4 is 0 Å². The van der Waals surface area contributed by atoms with Crippen molar-refractivity contribution in [1.82, 2.24) is 20.3 Å². The van der Waals surface area contributed by atoms with Crippen LogP contribution in [0.5, 0.6) is 5.75 Å². The van der Waals surface area contributed by atoms with Gasteiger partial charge in [0.2, 0.25) is 0 Å². The molecular weight excluding hydrogens is 264 g/mol. The molecule has 1 atom stereocenters. The average Bonchev–Trinajstić information content (AvgIpc) is 3.05. The van der Waals surface area contributed by atoms with E-state index < -0.39 is 0 Å². The summed E-state index contributed by atoms with van der Waals surface area (Å²) in [5.74, 6) is 1.01. The Bertz CT molecular complexity index is 608. The van der Waals surface area contributed by atoms with Crippen molar-refractivity contribution in [2.45, 2.75) is 45.9 Å². The Morgan fingerprint density at radius 1 is 1.43 bits per heavy atom. The third kappa shape index (κ3) is 3.42. The molecule has 0 aliphatic carbocycles. The lowest BCUT2D eigenvalue weighted by Gasteiger charge is -2.09. The van der Waals surface area contributed by atoms with Crippen LogP contribution in [0.3, 0.4) is 0 Å². The molecule has 1 unspecified atom stereocenters. The number of rotatable bonds is 6. The third-order valence-electron chi connectivity index (χ3n) is 3.67. The molecule has 5 heteroatoms. The van der Waals surface area contributed by atoms with Gasteiger partial charge < -0.3 is 10.1 Å². The van der Waals surface area contributed by atoms with Gasteiger partial charge in [-0.15, -0.1) is 5.10 Å². The fraction of sp³-hybridized carbons (Fsp3) is 0.500. The van der Waals surface area contributed by atoms with Crippen LogP contribution in [0.4, 0.5) is 0 Å². The third-order valence-corrected chi connectivity index (χ3v) is 3.67. The second-order valence-electron chi connectivity index (χ2n) is 5.66. The van der Waals surface area contributed by atoms with E-state index in [1.165, 1.54) is 11.1 Å². The van der Waals surface area contributed by atoms with E-state index in [0.29, 0.717) is 0 Å². The molecule has 0 radical (unpaired) electrons. The Morgan fingerprint density at radius 2 is 2.33 bits per heavy atom. The van der Waals surface area contributed by atoms with Crippen LogP contribution < -0.4 is 10.1 Å². The van der Waals surface area contributed by atoms with Crippen molar-refractivity contribution in [2.75, 3.05) is 6.54 Å². The van der Waals surface area contributed by atoms with Gasteiger partial charge in [0.25, 0.3) is 0 Å². The molecule has 0 saturated carbocycles. The van der Waals surface area contributed by atoms with Gasteiger partial charge in [-0.2, -0.15) is 0 Å². The maximum atomic E-state index is 5.97. The van der Waals surface area contributed by atoms with E-state index in [0.717, 1.165) is 43.9 Å². The van der Waals surface area contributed by atoms with Crippen molar-refractivity contribution in [3.8, 4) is 5.75 Å². The highest BCUT2D eigenvalue weighted by atomic mass is 16.5. The molecule has 2 heterocycles. The highest BCUT2D eigenvalue weighted by Gasteiger charge is 2.23. The quantitative estimate of drug-likeness (QED) is 0.826. The second-order valence-corrected chi connectivity index (χ2v) is 5.66. The lowest BCUT2D eigenvalue weighted by molar-refractivity contribution is 0.202. The smallest absolute Gasteiger partial charge is 0.123 e. The molecule has 1 aromatic heterocycles. The van der Waals surface area contributed by atoms with Gasteiger partial charge in [0.15, 0.2) is 0 Å². The summed E-state index contributed by atoms with van der Waals surface area (Å²) >= 11 is 0. The van der Waals surface area contributed by atoms with Crippen LogP contribution in [0.2, 0.25) is 0 Å². The van der Waals surface area contributed by atoms with Gasteiger partial charge in [0, 0.05) is 19.2 Å². The number of ether oxygens (including phenoxy) is 1. The number of nitrogens with one attached hydrogen (secondary N) is 1. The molecule has 0 saturated heterocycles. The monoisotopic (exact) mass is 286 g/mol. The number of fused-ring (bicyclic) bond motifs is 1. The highest BCUT2D eigenvalue weighted by molar-refractivity contribution is 5.40. The minimum Gasteiger partial charge on any atom is -0.488 e. The van der Waals surface area contributed by atoms with E-state index in [1.54, 1.807) is 0 Å². The van der Waals surface area contributed by atoms with Gasteiger partial charge in [-0.05, 0) is 31.5 Å². The van der Waals surface area contributed by atoms with Gasteiger partial charge in [-0.1, -0.05) is 29.8 Å². The Morgan fingerprint density at radius 3 is 3.19 bits per heavy atom. The average molecular weight is 286 g/mol. The lowest BCUT2D eigenvalue weighted by atomic mass is 10.1.